The lowest BCUT2D eigenvalue weighted by Crippen LogP contribution is -1.92. The molecule has 0 unspecified atom stereocenters. The van der Waals surface area contributed by atoms with Gasteiger partial charge in [0.15, 0.2) is 0 Å². The van der Waals surface area contributed by atoms with Crippen LogP contribution >= 0.6 is 11.6 Å². The lowest BCUT2D eigenvalue weighted by atomic mass is 10.2. The number of hydrogen-bond donors (Lipinski definition) is 0. The highest BCUT2D eigenvalue weighted by Crippen LogP contribution is 2.22. The summed E-state index contributed by atoms with van der Waals surface area (Å²) in [5, 5.41) is 10.6. The number of rotatable bonds is 1. The molecule has 0 N–H and O–H groups in total. The Bertz CT molecular complexity index is 301. The maximum Gasteiger partial charge on any atom is 0.291 e. The van der Waals surface area contributed by atoms with E-state index in [1.54, 1.807) is 6.92 Å². The van der Waals surface area contributed by atoms with Crippen molar-refractivity contribution < 1.29 is 4.92 Å². The predicted molar refractivity (Wildman–Crippen MR) is 40.6 cm³/mol. The summed E-state index contributed by atoms with van der Waals surface area (Å²) >= 11 is 5.59. The minimum atomic E-state index is -0.506. The van der Waals surface area contributed by atoms with Crippen LogP contribution < -0.4 is 0 Å². The van der Waals surface area contributed by atoms with Crippen LogP contribution in [0.3, 0.4) is 0 Å². The van der Waals surface area contributed by atoms with E-state index in [2.05, 4.69) is 4.98 Å². The first-order valence-electron chi connectivity index (χ1n) is 2.87. The average Bonchev–Trinajstić information content (AvgIpc) is 1.94. The fourth-order valence-corrected chi connectivity index (χ4v) is 0.827. The molecule has 1 aromatic rings. The molecule has 0 saturated heterocycles. The fraction of sp³-hybridized carbons (Fsp3) is 0.167. The van der Waals surface area contributed by atoms with Crippen LogP contribution in [0.25, 0.3) is 0 Å². The molecule has 1 rings (SSSR count). The van der Waals surface area contributed by atoms with Gasteiger partial charge in [-0.15, -0.1) is 0 Å². The van der Waals surface area contributed by atoms with E-state index in [1.807, 2.05) is 0 Å². The first-order chi connectivity index (χ1) is 5.13. The normalized spacial score (nSPS) is 9.64. The molecule has 0 radical (unpaired) electrons. The Hall–Kier alpha value is -1.16. The topological polar surface area (TPSA) is 56.0 Å². The molecule has 1 aromatic heterocycles. The molecular formula is C6H5ClN2O2. The summed E-state index contributed by atoms with van der Waals surface area (Å²) in [6, 6.07) is 0. The Morgan fingerprint density at radius 2 is 2.27 bits per heavy atom. The van der Waals surface area contributed by atoms with Crippen LogP contribution in [-0.4, -0.2) is 9.91 Å². The molecule has 0 amide bonds. The third-order valence-electron chi connectivity index (χ3n) is 1.32. The van der Waals surface area contributed by atoms with Crippen molar-refractivity contribution in [2.24, 2.45) is 0 Å². The quantitative estimate of drug-likeness (QED) is 0.481. The smallest absolute Gasteiger partial charge is 0.258 e. The van der Waals surface area contributed by atoms with Gasteiger partial charge < -0.3 is 0 Å². The molecular weight excluding hydrogens is 168 g/mol. The molecule has 0 bridgehead atoms. The maximum atomic E-state index is 10.3. The molecule has 0 aliphatic carbocycles. The van der Waals surface area contributed by atoms with E-state index in [1.165, 1.54) is 12.4 Å². The van der Waals surface area contributed by atoms with Crippen molar-refractivity contribution in [2.75, 3.05) is 0 Å². The average molecular weight is 173 g/mol. The predicted octanol–water partition coefficient (Wildman–Crippen LogP) is 1.95. The van der Waals surface area contributed by atoms with Crippen LogP contribution in [0.1, 0.15) is 5.56 Å². The summed E-state index contributed by atoms with van der Waals surface area (Å²) in [6.07, 6.45) is 2.56. The molecule has 58 valence electrons. The Balaban J connectivity index is 3.27. The number of hydrogen-bond acceptors (Lipinski definition) is 3. The van der Waals surface area contributed by atoms with Crippen molar-refractivity contribution in [3.05, 3.63) is 33.1 Å². The van der Waals surface area contributed by atoms with Crippen molar-refractivity contribution in [1.29, 1.82) is 0 Å². The largest absolute Gasteiger partial charge is 0.291 e. The van der Waals surface area contributed by atoms with E-state index in [-0.39, 0.29) is 5.69 Å². The molecule has 11 heavy (non-hydrogen) atoms. The van der Waals surface area contributed by atoms with Gasteiger partial charge in [0.25, 0.3) is 5.69 Å². The highest BCUT2D eigenvalue weighted by atomic mass is 35.5. The summed E-state index contributed by atoms with van der Waals surface area (Å²) in [6.45, 7) is 1.59. The molecule has 0 aliphatic heterocycles. The molecule has 0 fully saturated rings. The van der Waals surface area contributed by atoms with Crippen molar-refractivity contribution in [3.63, 3.8) is 0 Å². The highest BCUT2D eigenvalue weighted by molar-refractivity contribution is 6.31. The van der Waals surface area contributed by atoms with E-state index in [9.17, 15) is 10.1 Å². The second-order valence-electron chi connectivity index (χ2n) is 2.02. The van der Waals surface area contributed by atoms with Crippen LogP contribution in [0.2, 0.25) is 5.02 Å². The summed E-state index contributed by atoms with van der Waals surface area (Å²) < 4.78 is 0. The summed E-state index contributed by atoms with van der Waals surface area (Å²) in [7, 11) is 0. The van der Waals surface area contributed by atoms with Gasteiger partial charge in [0, 0.05) is 11.8 Å². The minimum absolute atomic E-state index is 0.0440. The molecule has 0 saturated carbocycles. The summed E-state index contributed by atoms with van der Waals surface area (Å²) in [5.41, 5.74) is 0.407. The number of nitrogens with zero attached hydrogens (tertiary/aromatic N) is 2. The van der Waals surface area contributed by atoms with Crippen molar-refractivity contribution in [3.8, 4) is 0 Å². The maximum absolute atomic E-state index is 10.3. The Morgan fingerprint density at radius 1 is 1.64 bits per heavy atom. The van der Waals surface area contributed by atoms with E-state index in [4.69, 9.17) is 11.6 Å². The number of nitro groups is 1. The van der Waals surface area contributed by atoms with Gasteiger partial charge in [-0.2, -0.15) is 0 Å². The summed E-state index contributed by atoms with van der Waals surface area (Å²) in [4.78, 5) is 13.4. The number of pyridine rings is 1. The molecule has 0 atom stereocenters. The van der Waals surface area contributed by atoms with Gasteiger partial charge in [-0.1, -0.05) is 11.6 Å². The van der Waals surface area contributed by atoms with E-state index < -0.39 is 4.92 Å². The Labute approximate surface area is 68.0 Å². The van der Waals surface area contributed by atoms with Crippen LogP contribution in [0.5, 0.6) is 0 Å². The first-order valence-corrected chi connectivity index (χ1v) is 3.25. The molecule has 1 heterocycles. The van der Waals surface area contributed by atoms with Crippen LogP contribution in [0.4, 0.5) is 5.69 Å². The first kappa shape index (κ1) is 7.94. The lowest BCUT2D eigenvalue weighted by Gasteiger charge is -1.96. The minimum Gasteiger partial charge on any atom is -0.258 e. The SMILES string of the molecule is Cc1c(Cl)cncc1[N+](=O)[O-]. The van der Waals surface area contributed by atoms with Crippen molar-refractivity contribution in [1.82, 2.24) is 4.98 Å². The van der Waals surface area contributed by atoms with Crippen LogP contribution in [0, 0.1) is 17.0 Å². The number of halogens is 1. The zero-order valence-corrected chi connectivity index (χ0v) is 6.50. The Morgan fingerprint density at radius 3 is 2.73 bits per heavy atom. The van der Waals surface area contributed by atoms with E-state index in [0.29, 0.717) is 10.6 Å². The van der Waals surface area contributed by atoms with Gasteiger partial charge in [-0.25, -0.2) is 0 Å². The molecule has 4 nitrogen and oxygen atoms in total. The third kappa shape index (κ3) is 1.46. The molecule has 5 heteroatoms. The molecule has 0 aliphatic rings. The van der Waals surface area contributed by atoms with Crippen molar-refractivity contribution >= 4 is 17.3 Å². The van der Waals surface area contributed by atoms with E-state index in [0.717, 1.165) is 0 Å². The fourth-order valence-electron chi connectivity index (χ4n) is 0.673. The zero-order chi connectivity index (χ0) is 8.43. The number of aromatic nitrogens is 1. The second-order valence-corrected chi connectivity index (χ2v) is 2.43. The third-order valence-corrected chi connectivity index (χ3v) is 1.70. The van der Waals surface area contributed by atoms with Crippen LogP contribution in [0.15, 0.2) is 12.4 Å². The Kier molecular flexibility index (Phi) is 2.05. The van der Waals surface area contributed by atoms with Gasteiger partial charge >= 0.3 is 0 Å². The van der Waals surface area contributed by atoms with Gasteiger partial charge in [0.05, 0.1) is 9.95 Å². The van der Waals surface area contributed by atoms with Gasteiger partial charge in [-0.3, -0.25) is 15.1 Å². The van der Waals surface area contributed by atoms with Gasteiger partial charge in [-0.05, 0) is 6.92 Å². The zero-order valence-electron chi connectivity index (χ0n) is 5.74. The van der Waals surface area contributed by atoms with E-state index >= 15 is 0 Å². The van der Waals surface area contributed by atoms with Crippen LogP contribution in [-0.2, 0) is 0 Å². The van der Waals surface area contributed by atoms with Gasteiger partial charge in [0.2, 0.25) is 0 Å². The standard InChI is InChI=1S/C6H5ClN2O2/c1-4-5(7)2-8-3-6(4)9(10)11/h2-3H,1H3. The molecule has 0 aromatic carbocycles. The monoisotopic (exact) mass is 172 g/mol. The van der Waals surface area contributed by atoms with Crippen molar-refractivity contribution in [2.45, 2.75) is 6.92 Å². The lowest BCUT2D eigenvalue weighted by molar-refractivity contribution is -0.385. The highest BCUT2D eigenvalue weighted by Gasteiger charge is 2.12. The van der Waals surface area contributed by atoms with Gasteiger partial charge in [0.1, 0.15) is 6.20 Å². The molecule has 0 spiro atoms. The second kappa shape index (κ2) is 2.84. The summed E-state index contributed by atoms with van der Waals surface area (Å²) in [5.74, 6) is 0.